The van der Waals surface area contributed by atoms with Gasteiger partial charge >= 0.3 is 5.97 Å². The first-order valence-corrected chi connectivity index (χ1v) is 8.14. The maximum atomic E-state index is 13.0. The Balaban J connectivity index is 1.83. The Kier molecular flexibility index (Phi) is 5.47. The first-order chi connectivity index (χ1) is 13.0. The molecule has 27 heavy (non-hydrogen) atoms. The van der Waals surface area contributed by atoms with Crippen LogP contribution in [0.5, 0.6) is 5.75 Å². The van der Waals surface area contributed by atoms with Crippen LogP contribution in [0.1, 0.15) is 22.0 Å². The number of esters is 1. The molecule has 3 aromatic carbocycles. The lowest BCUT2D eigenvalue weighted by Gasteiger charge is -2.18. The van der Waals surface area contributed by atoms with E-state index < -0.39 is 23.8 Å². The number of carbonyl (C=O) groups is 2. The summed E-state index contributed by atoms with van der Waals surface area (Å²) >= 11 is 0. The van der Waals surface area contributed by atoms with Crippen molar-refractivity contribution in [2.24, 2.45) is 0 Å². The molecule has 0 unspecified atom stereocenters. The third kappa shape index (κ3) is 4.70. The predicted octanol–water partition coefficient (Wildman–Crippen LogP) is 4.07. The Morgan fingerprint density at radius 1 is 0.926 bits per heavy atom. The Hall–Kier alpha value is -3.67. The standard InChI is InChI=1S/C21H16FNO4/c22-16-9-11-17(12-10-16)23-20(25)19(14-5-2-1-3-6-14)27-21(26)15-7-4-8-18(24)13-15/h1-13,19,24H,(H,23,25)/t19-/m1/s1. The molecule has 3 rings (SSSR count). The molecule has 0 bridgehead atoms. The van der Waals surface area contributed by atoms with Crippen molar-refractivity contribution >= 4 is 17.6 Å². The molecule has 1 atom stereocenters. The highest BCUT2D eigenvalue weighted by Crippen LogP contribution is 2.23. The first-order valence-electron chi connectivity index (χ1n) is 8.14. The van der Waals surface area contributed by atoms with E-state index in [1.807, 2.05) is 0 Å². The molecule has 136 valence electrons. The van der Waals surface area contributed by atoms with Crippen LogP contribution >= 0.6 is 0 Å². The highest BCUT2D eigenvalue weighted by Gasteiger charge is 2.26. The molecule has 0 saturated carbocycles. The molecule has 0 aliphatic rings. The minimum atomic E-state index is -1.22. The van der Waals surface area contributed by atoms with E-state index in [1.54, 1.807) is 30.3 Å². The van der Waals surface area contributed by atoms with Crippen molar-refractivity contribution in [3.05, 3.63) is 95.8 Å². The zero-order chi connectivity index (χ0) is 19.2. The number of nitrogens with one attached hydrogen (secondary N) is 1. The number of hydrogen-bond donors (Lipinski definition) is 2. The van der Waals surface area contributed by atoms with Crippen molar-refractivity contribution in [1.29, 1.82) is 0 Å². The summed E-state index contributed by atoms with van der Waals surface area (Å²) in [5.74, 6) is -1.85. The molecule has 0 radical (unpaired) electrons. The highest BCUT2D eigenvalue weighted by molar-refractivity contribution is 5.98. The van der Waals surface area contributed by atoms with E-state index >= 15 is 0 Å². The SMILES string of the molecule is O=C(O[C@@H](C(=O)Nc1ccc(F)cc1)c1ccccc1)c1cccc(O)c1. The molecule has 0 heterocycles. The average Bonchev–Trinajstić information content (AvgIpc) is 2.68. The number of carbonyl (C=O) groups excluding carboxylic acids is 2. The van der Waals surface area contributed by atoms with Gasteiger partial charge in [0.15, 0.2) is 0 Å². The van der Waals surface area contributed by atoms with Gasteiger partial charge < -0.3 is 15.2 Å². The van der Waals surface area contributed by atoms with Crippen LogP contribution in [0.25, 0.3) is 0 Å². The number of ether oxygens (including phenoxy) is 1. The largest absolute Gasteiger partial charge is 0.508 e. The van der Waals surface area contributed by atoms with Crippen LogP contribution < -0.4 is 5.32 Å². The number of benzene rings is 3. The van der Waals surface area contributed by atoms with Gasteiger partial charge in [0.2, 0.25) is 6.10 Å². The molecule has 0 fully saturated rings. The summed E-state index contributed by atoms with van der Waals surface area (Å²) in [4.78, 5) is 25.1. The minimum absolute atomic E-state index is 0.0866. The number of aromatic hydroxyl groups is 1. The Bertz CT molecular complexity index is 942. The monoisotopic (exact) mass is 365 g/mol. The molecule has 6 heteroatoms. The normalized spacial score (nSPS) is 11.4. The number of rotatable bonds is 5. The fourth-order valence-electron chi connectivity index (χ4n) is 2.45. The molecule has 0 spiro atoms. The maximum absolute atomic E-state index is 13.0. The Labute approximate surface area is 155 Å². The molecular weight excluding hydrogens is 349 g/mol. The maximum Gasteiger partial charge on any atom is 0.339 e. The van der Waals surface area contributed by atoms with Gasteiger partial charge in [-0.2, -0.15) is 0 Å². The molecule has 0 aromatic heterocycles. The van der Waals surface area contributed by atoms with Crippen LogP contribution in [-0.4, -0.2) is 17.0 Å². The quantitative estimate of drug-likeness (QED) is 0.669. The Morgan fingerprint density at radius 3 is 2.30 bits per heavy atom. The zero-order valence-corrected chi connectivity index (χ0v) is 14.1. The second-order valence-corrected chi connectivity index (χ2v) is 5.74. The van der Waals surface area contributed by atoms with Gasteiger partial charge in [-0.1, -0.05) is 36.4 Å². The lowest BCUT2D eigenvalue weighted by molar-refractivity contribution is -0.125. The molecule has 2 N–H and O–H groups in total. The number of phenolic OH excluding ortho intramolecular Hbond substituents is 1. The van der Waals surface area contributed by atoms with Crippen molar-refractivity contribution in [3.8, 4) is 5.75 Å². The summed E-state index contributed by atoms with van der Waals surface area (Å²) in [6.45, 7) is 0. The second kappa shape index (κ2) is 8.14. The first kappa shape index (κ1) is 18.1. The molecule has 0 aliphatic carbocycles. The smallest absolute Gasteiger partial charge is 0.339 e. The number of hydrogen-bond acceptors (Lipinski definition) is 4. The molecule has 5 nitrogen and oxygen atoms in total. The van der Waals surface area contributed by atoms with E-state index in [-0.39, 0.29) is 11.3 Å². The van der Waals surface area contributed by atoms with Crippen LogP contribution in [-0.2, 0) is 9.53 Å². The highest BCUT2D eigenvalue weighted by atomic mass is 19.1. The number of amides is 1. The number of anilines is 1. The third-order valence-electron chi connectivity index (χ3n) is 3.76. The summed E-state index contributed by atoms with van der Waals surface area (Å²) < 4.78 is 18.4. The van der Waals surface area contributed by atoms with Crippen LogP contribution in [0.2, 0.25) is 0 Å². The summed E-state index contributed by atoms with van der Waals surface area (Å²) in [7, 11) is 0. The summed E-state index contributed by atoms with van der Waals surface area (Å²) in [6, 6.07) is 19.4. The van der Waals surface area contributed by atoms with Crippen molar-refractivity contribution in [2.75, 3.05) is 5.32 Å². The van der Waals surface area contributed by atoms with Gasteiger partial charge in [0, 0.05) is 11.3 Å². The lowest BCUT2D eigenvalue weighted by Crippen LogP contribution is -2.26. The van der Waals surface area contributed by atoms with E-state index in [2.05, 4.69) is 5.32 Å². The van der Waals surface area contributed by atoms with Crippen LogP contribution in [0, 0.1) is 5.82 Å². The summed E-state index contributed by atoms with van der Waals surface area (Å²) in [5.41, 5.74) is 0.965. The predicted molar refractivity (Wildman–Crippen MR) is 97.7 cm³/mol. The zero-order valence-electron chi connectivity index (χ0n) is 14.1. The van der Waals surface area contributed by atoms with Gasteiger partial charge in [-0.05, 0) is 42.5 Å². The molecule has 1 amide bonds. The van der Waals surface area contributed by atoms with E-state index in [0.29, 0.717) is 11.3 Å². The van der Waals surface area contributed by atoms with Crippen molar-refractivity contribution in [2.45, 2.75) is 6.10 Å². The van der Waals surface area contributed by atoms with Crippen molar-refractivity contribution in [1.82, 2.24) is 0 Å². The lowest BCUT2D eigenvalue weighted by atomic mass is 10.1. The van der Waals surface area contributed by atoms with Gasteiger partial charge in [0.25, 0.3) is 5.91 Å². The van der Waals surface area contributed by atoms with Gasteiger partial charge in [-0.15, -0.1) is 0 Å². The van der Waals surface area contributed by atoms with Crippen LogP contribution in [0.15, 0.2) is 78.9 Å². The topological polar surface area (TPSA) is 75.6 Å². The number of halogens is 1. The molecule has 0 saturated heterocycles. The Morgan fingerprint density at radius 2 is 1.63 bits per heavy atom. The van der Waals surface area contributed by atoms with Gasteiger partial charge in [0.1, 0.15) is 11.6 Å². The fourth-order valence-corrected chi connectivity index (χ4v) is 2.45. The van der Waals surface area contributed by atoms with Gasteiger partial charge in [0.05, 0.1) is 5.56 Å². The average molecular weight is 365 g/mol. The van der Waals surface area contributed by atoms with E-state index in [4.69, 9.17) is 4.74 Å². The van der Waals surface area contributed by atoms with Crippen LogP contribution in [0.4, 0.5) is 10.1 Å². The van der Waals surface area contributed by atoms with E-state index in [9.17, 15) is 19.1 Å². The van der Waals surface area contributed by atoms with E-state index in [0.717, 1.165) is 0 Å². The summed E-state index contributed by atoms with van der Waals surface area (Å²) in [6.07, 6.45) is -1.22. The minimum Gasteiger partial charge on any atom is -0.508 e. The van der Waals surface area contributed by atoms with E-state index in [1.165, 1.54) is 48.5 Å². The second-order valence-electron chi connectivity index (χ2n) is 5.74. The van der Waals surface area contributed by atoms with Gasteiger partial charge in [-0.3, -0.25) is 4.79 Å². The molecule has 3 aromatic rings. The van der Waals surface area contributed by atoms with Crippen molar-refractivity contribution in [3.63, 3.8) is 0 Å². The molecular formula is C21H16FNO4. The summed E-state index contributed by atoms with van der Waals surface area (Å²) in [5, 5.41) is 12.1. The number of phenols is 1. The van der Waals surface area contributed by atoms with Gasteiger partial charge in [-0.25, -0.2) is 9.18 Å². The fraction of sp³-hybridized carbons (Fsp3) is 0.0476. The van der Waals surface area contributed by atoms with Crippen LogP contribution in [0.3, 0.4) is 0 Å². The third-order valence-corrected chi connectivity index (χ3v) is 3.76. The molecule has 0 aliphatic heterocycles. The van der Waals surface area contributed by atoms with Crippen molar-refractivity contribution < 1.29 is 23.8 Å².